The number of rotatable bonds is 2. The van der Waals surface area contributed by atoms with Crippen molar-refractivity contribution in [3.63, 3.8) is 0 Å². The molecule has 2 aromatic carbocycles. The van der Waals surface area contributed by atoms with Crippen molar-refractivity contribution in [2.45, 2.75) is 14.7 Å². The molecule has 5 heteroatoms. The summed E-state index contributed by atoms with van der Waals surface area (Å²) in [6, 6.07) is 12.0. The molecule has 0 aromatic heterocycles. The third kappa shape index (κ3) is 2.30. The molecule has 0 radical (unpaired) electrons. The quantitative estimate of drug-likeness (QED) is 0.821. The summed E-state index contributed by atoms with van der Waals surface area (Å²) >= 11 is 4.09. The molecule has 17 heavy (non-hydrogen) atoms. The van der Waals surface area contributed by atoms with Crippen molar-refractivity contribution in [3.05, 3.63) is 48.5 Å². The zero-order chi connectivity index (χ0) is 12.5. The minimum atomic E-state index is -3.67. The summed E-state index contributed by atoms with van der Waals surface area (Å²) in [5.41, 5.74) is 0. The summed E-state index contributed by atoms with van der Waals surface area (Å²) in [6.45, 7) is 0. The zero-order valence-electron chi connectivity index (χ0n) is 8.74. The smallest absolute Gasteiger partial charge is 0.210 e. The molecule has 0 saturated carbocycles. The minimum absolute atomic E-state index is 0.0908. The van der Waals surface area contributed by atoms with Gasteiger partial charge in [-0.05, 0) is 36.4 Å². The highest BCUT2D eigenvalue weighted by molar-refractivity contribution is 7.91. The first-order valence-corrected chi connectivity index (χ1v) is 6.77. The Morgan fingerprint density at radius 3 is 2.12 bits per heavy atom. The fourth-order valence-corrected chi connectivity index (χ4v) is 2.94. The Bertz CT molecular complexity index is 631. The first kappa shape index (κ1) is 12.0. The van der Waals surface area contributed by atoms with Gasteiger partial charge in [0.2, 0.25) is 9.84 Å². The molecule has 0 saturated heterocycles. The maximum absolute atomic E-state index is 12.2. The monoisotopic (exact) mass is 266 g/mol. The molecule has 0 fully saturated rings. The Balaban J connectivity index is 2.58. The Hall–Kier alpha value is -1.46. The average Bonchev–Trinajstić information content (AvgIpc) is 2.30. The second kappa shape index (κ2) is 4.43. The Morgan fingerprint density at radius 2 is 1.53 bits per heavy atom. The molecule has 0 bridgehead atoms. The molecule has 0 spiro atoms. The highest BCUT2D eigenvalue weighted by Crippen LogP contribution is 2.28. The predicted octanol–water partition coefficient (Wildman–Crippen LogP) is 2.51. The molecular formula is C12H10O3S2. The first-order valence-electron chi connectivity index (χ1n) is 4.84. The predicted molar refractivity (Wildman–Crippen MR) is 67.3 cm³/mol. The number of sulfone groups is 1. The summed E-state index contributed by atoms with van der Waals surface area (Å²) < 4.78 is 24.4. The lowest BCUT2D eigenvalue weighted by molar-refractivity contribution is 0.459. The summed E-state index contributed by atoms with van der Waals surface area (Å²) in [7, 11) is -3.67. The molecular weight excluding hydrogens is 256 g/mol. The van der Waals surface area contributed by atoms with Crippen LogP contribution < -0.4 is 0 Å². The molecule has 2 aromatic rings. The molecule has 1 N–H and O–H groups in total. The van der Waals surface area contributed by atoms with E-state index in [1.165, 1.54) is 24.3 Å². The maximum atomic E-state index is 12.2. The lowest BCUT2D eigenvalue weighted by atomic mass is 10.3. The average molecular weight is 266 g/mol. The van der Waals surface area contributed by atoms with Gasteiger partial charge in [-0.25, -0.2) is 8.42 Å². The van der Waals surface area contributed by atoms with Crippen LogP contribution in [-0.4, -0.2) is 13.5 Å². The van der Waals surface area contributed by atoms with Gasteiger partial charge >= 0.3 is 0 Å². The molecule has 0 aliphatic carbocycles. The van der Waals surface area contributed by atoms with Gasteiger partial charge in [0.15, 0.2) is 0 Å². The van der Waals surface area contributed by atoms with Gasteiger partial charge in [-0.15, -0.1) is 12.6 Å². The van der Waals surface area contributed by atoms with Gasteiger partial charge in [0.25, 0.3) is 0 Å². The molecule has 0 heterocycles. The number of aromatic hydroxyl groups is 1. The number of hydrogen-bond donors (Lipinski definition) is 2. The second-order valence-electron chi connectivity index (χ2n) is 3.47. The lowest BCUT2D eigenvalue weighted by Gasteiger charge is -2.06. The molecule has 0 unspecified atom stereocenters. The Labute approximate surface area is 105 Å². The van der Waals surface area contributed by atoms with Gasteiger partial charge < -0.3 is 5.11 Å². The summed E-state index contributed by atoms with van der Waals surface area (Å²) in [4.78, 5) is 0.727. The van der Waals surface area contributed by atoms with Gasteiger partial charge in [0.05, 0.1) is 4.90 Å². The normalized spacial score (nSPS) is 11.4. The SMILES string of the molecule is O=S(=O)(c1ccc(S)cc1)c1ccccc1O. The lowest BCUT2D eigenvalue weighted by Crippen LogP contribution is -2.01. The van der Waals surface area contributed by atoms with E-state index in [4.69, 9.17) is 0 Å². The van der Waals surface area contributed by atoms with Crippen LogP contribution in [0, 0.1) is 0 Å². The number of hydrogen-bond acceptors (Lipinski definition) is 4. The van der Waals surface area contributed by atoms with Crippen LogP contribution in [0.2, 0.25) is 0 Å². The van der Waals surface area contributed by atoms with Crippen LogP contribution in [-0.2, 0) is 9.84 Å². The number of para-hydroxylation sites is 1. The van der Waals surface area contributed by atoms with Crippen LogP contribution in [0.25, 0.3) is 0 Å². The van der Waals surface area contributed by atoms with E-state index in [0.29, 0.717) is 4.90 Å². The molecule has 88 valence electrons. The van der Waals surface area contributed by atoms with Gasteiger partial charge in [-0.1, -0.05) is 12.1 Å². The van der Waals surface area contributed by atoms with Crippen LogP contribution in [0.1, 0.15) is 0 Å². The molecule has 0 amide bonds. The van der Waals surface area contributed by atoms with Crippen molar-refractivity contribution in [1.82, 2.24) is 0 Å². The van der Waals surface area contributed by atoms with Gasteiger partial charge in [0.1, 0.15) is 10.6 Å². The summed E-state index contributed by atoms with van der Waals surface area (Å²) in [5, 5.41) is 9.57. The van der Waals surface area contributed by atoms with Crippen LogP contribution in [0.3, 0.4) is 0 Å². The van der Waals surface area contributed by atoms with E-state index in [2.05, 4.69) is 12.6 Å². The minimum Gasteiger partial charge on any atom is -0.507 e. The fourth-order valence-electron chi connectivity index (χ4n) is 1.44. The number of benzene rings is 2. The van der Waals surface area contributed by atoms with Gasteiger partial charge in [-0.3, -0.25) is 0 Å². The van der Waals surface area contributed by atoms with Gasteiger partial charge in [-0.2, -0.15) is 0 Å². The summed E-state index contributed by atoms with van der Waals surface area (Å²) in [5.74, 6) is -0.248. The number of phenolic OH excluding ortho intramolecular Hbond substituents is 1. The van der Waals surface area contributed by atoms with Crippen molar-refractivity contribution in [2.24, 2.45) is 0 Å². The van der Waals surface area contributed by atoms with E-state index in [1.54, 1.807) is 24.3 Å². The van der Waals surface area contributed by atoms with E-state index in [9.17, 15) is 13.5 Å². The van der Waals surface area contributed by atoms with Crippen LogP contribution in [0.15, 0.2) is 63.2 Å². The zero-order valence-corrected chi connectivity index (χ0v) is 10.4. The first-order chi connectivity index (χ1) is 8.01. The van der Waals surface area contributed by atoms with Crippen molar-refractivity contribution in [2.75, 3.05) is 0 Å². The molecule has 3 nitrogen and oxygen atoms in total. The van der Waals surface area contributed by atoms with Crippen molar-refractivity contribution >= 4 is 22.5 Å². The van der Waals surface area contributed by atoms with E-state index in [-0.39, 0.29) is 15.5 Å². The number of phenols is 1. The van der Waals surface area contributed by atoms with Gasteiger partial charge in [0, 0.05) is 4.90 Å². The van der Waals surface area contributed by atoms with Crippen LogP contribution in [0.4, 0.5) is 0 Å². The van der Waals surface area contributed by atoms with Crippen molar-refractivity contribution < 1.29 is 13.5 Å². The fraction of sp³-hybridized carbons (Fsp3) is 0. The topological polar surface area (TPSA) is 54.4 Å². The molecule has 0 atom stereocenters. The third-order valence-electron chi connectivity index (χ3n) is 2.30. The molecule has 0 aliphatic rings. The van der Waals surface area contributed by atoms with Crippen LogP contribution >= 0.6 is 12.6 Å². The maximum Gasteiger partial charge on any atom is 0.210 e. The van der Waals surface area contributed by atoms with E-state index in [1.807, 2.05) is 0 Å². The molecule has 2 rings (SSSR count). The number of thiol groups is 1. The van der Waals surface area contributed by atoms with E-state index in [0.717, 1.165) is 0 Å². The van der Waals surface area contributed by atoms with Crippen molar-refractivity contribution in [3.8, 4) is 5.75 Å². The Morgan fingerprint density at radius 1 is 0.941 bits per heavy atom. The third-order valence-corrected chi connectivity index (χ3v) is 4.42. The molecule has 0 aliphatic heterocycles. The standard InChI is InChI=1S/C12H10O3S2/c13-11-3-1-2-4-12(11)17(14,15)10-7-5-9(16)6-8-10/h1-8,13,16H. The largest absolute Gasteiger partial charge is 0.507 e. The second-order valence-corrected chi connectivity index (χ2v) is 5.90. The van der Waals surface area contributed by atoms with E-state index < -0.39 is 9.84 Å². The highest BCUT2D eigenvalue weighted by Gasteiger charge is 2.20. The highest BCUT2D eigenvalue weighted by atomic mass is 32.2. The summed E-state index contributed by atoms with van der Waals surface area (Å²) in [6.07, 6.45) is 0. The Kier molecular flexibility index (Phi) is 3.13. The van der Waals surface area contributed by atoms with Crippen LogP contribution in [0.5, 0.6) is 5.75 Å². The van der Waals surface area contributed by atoms with Crippen molar-refractivity contribution in [1.29, 1.82) is 0 Å². The van der Waals surface area contributed by atoms with E-state index >= 15 is 0 Å².